The highest BCUT2D eigenvalue weighted by Gasteiger charge is 2.38. The highest BCUT2D eigenvalue weighted by molar-refractivity contribution is 7.99. The van der Waals surface area contributed by atoms with Gasteiger partial charge in [-0.15, -0.1) is 11.8 Å². The summed E-state index contributed by atoms with van der Waals surface area (Å²) in [5, 5.41) is 29.0. The number of aromatic nitrogens is 2. The van der Waals surface area contributed by atoms with Crippen LogP contribution in [-0.4, -0.2) is 54.8 Å². The Bertz CT molecular complexity index is 673. The van der Waals surface area contributed by atoms with Crippen LogP contribution in [0.4, 0.5) is 4.39 Å². The summed E-state index contributed by atoms with van der Waals surface area (Å²) in [4.78, 5) is 7.70. The Morgan fingerprint density at radius 2 is 1.96 bits per heavy atom. The van der Waals surface area contributed by atoms with Crippen molar-refractivity contribution in [2.45, 2.75) is 23.7 Å². The first kappa shape index (κ1) is 16.1. The normalized spacial score (nSPS) is 27.7. The monoisotopic (exact) mass is 338 g/mol. The summed E-state index contributed by atoms with van der Waals surface area (Å²) in [6.07, 6.45) is -0.675. The van der Waals surface area contributed by atoms with Crippen LogP contribution in [0, 0.1) is 5.95 Å². The molecule has 6 nitrogen and oxygen atoms in total. The highest BCUT2D eigenvalue weighted by Crippen LogP contribution is 2.29. The van der Waals surface area contributed by atoms with Gasteiger partial charge in [0.25, 0.3) is 0 Å². The average molecular weight is 338 g/mol. The van der Waals surface area contributed by atoms with E-state index in [9.17, 15) is 19.7 Å². The Balaban J connectivity index is 1.72. The number of aliphatic hydroxyl groups is 3. The first-order chi connectivity index (χ1) is 11.1. The quantitative estimate of drug-likeness (QED) is 0.713. The van der Waals surface area contributed by atoms with E-state index >= 15 is 0 Å². The predicted octanol–water partition coefficient (Wildman–Crippen LogP) is 0.817. The van der Waals surface area contributed by atoms with Gasteiger partial charge in [0.2, 0.25) is 5.95 Å². The molecule has 122 valence electrons. The van der Waals surface area contributed by atoms with Crippen LogP contribution in [0.25, 0.3) is 11.3 Å². The smallest absolute Gasteiger partial charge is 0.222 e. The first-order valence-corrected chi connectivity index (χ1v) is 8.00. The van der Waals surface area contributed by atoms with Gasteiger partial charge in [-0.25, -0.2) is 4.98 Å². The van der Waals surface area contributed by atoms with Gasteiger partial charge in [0, 0.05) is 11.9 Å². The second kappa shape index (κ2) is 6.79. The zero-order chi connectivity index (χ0) is 16.4. The summed E-state index contributed by atoms with van der Waals surface area (Å²) in [6.45, 7) is 0. The lowest BCUT2D eigenvalue weighted by Gasteiger charge is -2.34. The van der Waals surface area contributed by atoms with Crippen LogP contribution in [0.5, 0.6) is 5.75 Å². The van der Waals surface area contributed by atoms with Crippen molar-refractivity contribution in [3.05, 3.63) is 42.6 Å². The fraction of sp³-hybridized carbons (Fsp3) is 0.333. The number of hydrogen-bond acceptors (Lipinski definition) is 7. The molecule has 1 aliphatic rings. The fourth-order valence-electron chi connectivity index (χ4n) is 2.20. The standard InChI is InChI=1S/C15H15FN2O4S/c16-14-9(2-1-5-17-14)10-4-3-8(6-18-10)22-15-13(21)12(20)11(19)7-23-15/h1-6,11-13,15,19-21H,7H2/t11-,12+,13-,15?/m1/s1. The van der Waals surface area contributed by atoms with E-state index in [4.69, 9.17) is 4.74 Å². The zero-order valence-electron chi connectivity index (χ0n) is 11.9. The Morgan fingerprint density at radius 1 is 1.13 bits per heavy atom. The van der Waals surface area contributed by atoms with E-state index in [1.165, 1.54) is 24.2 Å². The van der Waals surface area contributed by atoms with Crippen LogP contribution in [0.3, 0.4) is 0 Å². The van der Waals surface area contributed by atoms with Gasteiger partial charge in [-0.2, -0.15) is 4.39 Å². The third-order valence-corrected chi connectivity index (χ3v) is 4.72. The molecule has 0 saturated carbocycles. The Labute approximate surface area is 136 Å². The molecule has 2 aromatic heterocycles. The zero-order valence-corrected chi connectivity index (χ0v) is 12.7. The van der Waals surface area contributed by atoms with Crippen LogP contribution in [0.1, 0.15) is 0 Å². The maximum Gasteiger partial charge on any atom is 0.222 e. The fourth-order valence-corrected chi connectivity index (χ4v) is 3.32. The molecule has 1 saturated heterocycles. The van der Waals surface area contributed by atoms with Gasteiger partial charge in [-0.05, 0) is 24.3 Å². The molecule has 23 heavy (non-hydrogen) atoms. The molecule has 4 atom stereocenters. The third kappa shape index (κ3) is 3.45. The molecule has 3 heterocycles. The molecule has 3 N–H and O–H groups in total. The van der Waals surface area contributed by atoms with Gasteiger partial charge in [0.05, 0.1) is 23.6 Å². The Kier molecular flexibility index (Phi) is 4.76. The molecular weight excluding hydrogens is 323 g/mol. The summed E-state index contributed by atoms with van der Waals surface area (Å²) in [6, 6.07) is 6.37. The molecule has 0 aromatic carbocycles. The molecule has 8 heteroatoms. The van der Waals surface area contributed by atoms with Crippen LogP contribution in [-0.2, 0) is 0 Å². The van der Waals surface area contributed by atoms with Crippen LogP contribution in [0.2, 0.25) is 0 Å². The molecule has 0 radical (unpaired) electrons. The van der Waals surface area contributed by atoms with E-state index in [1.807, 2.05) is 0 Å². The molecule has 1 fully saturated rings. The van der Waals surface area contributed by atoms with E-state index in [1.54, 1.807) is 24.3 Å². The van der Waals surface area contributed by atoms with Crippen molar-refractivity contribution in [1.82, 2.24) is 9.97 Å². The molecule has 0 amide bonds. The summed E-state index contributed by atoms with van der Waals surface area (Å²) in [5.41, 5.74) is -0.0175. The van der Waals surface area contributed by atoms with Crippen LogP contribution >= 0.6 is 11.8 Å². The van der Waals surface area contributed by atoms with Crippen molar-refractivity contribution in [2.75, 3.05) is 5.75 Å². The van der Waals surface area contributed by atoms with Crippen LogP contribution < -0.4 is 4.74 Å². The molecule has 1 aliphatic heterocycles. The largest absolute Gasteiger partial charge is 0.475 e. The van der Waals surface area contributed by atoms with E-state index in [-0.39, 0.29) is 11.3 Å². The van der Waals surface area contributed by atoms with Crippen molar-refractivity contribution >= 4 is 11.8 Å². The van der Waals surface area contributed by atoms with Gasteiger partial charge >= 0.3 is 0 Å². The Hall–Kier alpha value is -1.74. The maximum absolute atomic E-state index is 13.6. The second-order valence-corrected chi connectivity index (χ2v) is 6.22. The molecule has 0 bridgehead atoms. The number of thioether (sulfide) groups is 1. The van der Waals surface area contributed by atoms with E-state index in [2.05, 4.69) is 9.97 Å². The second-order valence-electron chi connectivity index (χ2n) is 5.09. The lowest BCUT2D eigenvalue weighted by Crippen LogP contribution is -2.50. The van der Waals surface area contributed by atoms with Crippen molar-refractivity contribution in [3.8, 4) is 17.0 Å². The van der Waals surface area contributed by atoms with Crippen LogP contribution in [0.15, 0.2) is 36.7 Å². The number of halogens is 1. The molecule has 0 spiro atoms. The SMILES string of the molecule is O[C@H]1[C@H](O)CSC(Oc2ccc(-c3cccnc3F)nc2)[C@@H]1O. The minimum Gasteiger partial charge on any atom is -0.475 e. The molecule has 3 rings (SSSR count). The van der Waals surface area contributed by atoms with E-state index < -0.39 is 29.7 Å². The van der Waals surface area contributed by atoms with Gasteiger partial charge < -0.3 is 20.1 Å². The summed E-state index contributed by atoms with van der Waals surface area (Å²) < 4.78 is 19.2. The summed E-state index contributed by atoms with van der Waals surface area (Å²) in [7, 11) is 0. The maximum atomic E-state index is 13.6. The topological polar surface area (TPSA) is 95.7 Å². The Morgan fingerprint density at radius 3 is 2.65 bits per heavy atom. The third-order valence-electron chi connectivity index (χ3n) is 3.48. The van der Waals surface area contributed by atoms with Crippen molar-refractivity contribution in [3.63, 3.8) is 0 Å². The molecule has 0 aliphatic carbocycles. The molecule has 2 aromatic rings. The number of ether oxygens (including phenoxy) is 1. The minimum absolute atomic E-state index is 0.259. The van der Waals surface area contributed by atoms with Crippen molar-refractivity contribution in [2.24, 2.45) is 0 Å². The summed E-state index contributed by atoms with van der Waals surface area (Å²) in [5.74, 6) is 0.0252. The molecule has 1 unspecified atom stereocenters. The number of pyridine rings is 2. The lowest BCUT2D eigenvalue weighted by molar-refractivity contribution is -0.0786. The van der Waals surface area contributed by atoms with E-state index in [0.717, 1.165) is 0 Å². The van der Waals surface area contributed by atoms with Gasteiger partial charge in [0.1, 0.15) is 18.0 Å². The number of rotatable bonds is 3. The van der Waals surface area contributed by atoms with Crippen molar-refractivity contribution < 1.29 is 24.4 Å². The average Bonchev–Trinajstić information content (AvgIpc) is 2.57. The highest BCUT2D eigenvalue weighted by atomic mass is 32.2. The summed E-state index contributed by atoms with van der Waals surface area (Å²) >= 11 is 1.20. The predicted molar refractivity (Wildman–Crippen MR) is 82.3 cm³/mol. The first-order valence-electron chi connectivity index (χ1n) is 6.95. The van der Waals surface area contributed by atoms with Gasteiger partial charge in [-0.1, -0.05) is 0 Å². The van der Waals surface area contributed by atoms with Gasteiger partial charge in [-0.3, -0.25) is 4.98 Å². The van der Waals surface area contributed by atoms with E-state index in [0.29, 0.717) is 11.4 Å². The van der Waals surface area contributed by atoms with Gasteiger partial charge in [0.15, 0.2) is 5.44 Å². The number of aliphatic hydroxyl groups excluding tert-OH is 3. The lowest BCUT2D eigenvalue weighted by atomic mass is 10.1. The number of nitrogens with zero attached hydrogens (tertiary/aromatic N) is 2. The minimum atomic E-state index is -1.25. The molecular formula is C15H15FN2O4S. The number of hydrogen-bond donors (Lipinski definition) is 3. The van der Waals surface area contributed by atoms with Crippen molar-refractivity contribution in [1.29, 1.82) is 0 Å².